The summed E-state index contributed by atoms with van der Waals surface area (Å²) in [6.45, 7) is 4.84. The van der Waals surface area contributed by atoms with Crippen molar-refractivity contribution in [3.05, 3.63) is 53.1 Å². The second-order valence-electron chi connectivity index (χ2n) is 8.64. The van der Waals surface area contributed by atoms with Crippen LogP contribution < -0.4 is 20.7 Å². The van der Waals surface area contributed by atoms with Gasteiger partial charge in [0.2, 0.25) is 5.91 Å². The Kier molecular flexibility index (Phi) is 8.80. The lowest BCUT2D eigenvalue weighted by molar-refractivity contribution is -0.114. The Labute approximate surface area is 195 Å². The fraction of sp³-hybridized carbons (Fsp3) is 0.440. The molecule has 3 N–H and O–H groups in total. The molecule has 2 aromatic carbocycles. The van der Waals surface area contributed by atoms with Crippen molar-refractivity contribution in [3.8, 4) is 5.75 Å². The number of amides is 2. The Morgan fingerprint density at radius 3 is 2.59 bits per heavy atom. The van der Waals surface area contributed by atoms with E-state index in [1.807, 2.05) is 18.2 Å². The van der Waals surface area contributed by atoms with Crippen LogP contribution in [0.5, 0.6) is 5.75 Å². The van der Waals surface area contributed by atoms with Crippen molar-refractivity contribution in [2.75, 3.05) is 23.8 Å². The lowest BCUT2D eigenvalue weighted by Crippen LogP contribution is -2.36. The normalized spacial score (nSPS) is 14.1. The van der Waals surface area contributed by atoms with E-state index in [4.69, 9.17) is 16.3 Å². The minimum atomic E-state index is -0.200. The number of rotatable bonds is 9. The molecule has 7 heteroatoms. The van der Waals surface area contributed by atoms with Crippen LogP contribution in [0, 0.1) is 5.92 Å². The molecule has 1 aliphatic carbocycles. The molecule has 0 aliphatic heterocycles. The summed E-state index contributed by atoms with van der Waals surface area (Å²) in [7, 11) is 0. The number of anilines is 2. The molecule has 0 unspecified atom stereocenters. The molecule has 6 nitrogen and oxygen atoms in total. The van der Waals surface area contributed by atoms with E-state index in [0.29, 0.717) is 34.5 Å². The lowest BCUT2D eigenvalue weighted by Gasteiger charge is -2.23. The minimum absolute atomic E-state index is 0.0579. The summed E-state index contributed by atoms with van der Waals surface area (Å²) < 4.78 is 5.70. The first-order valence-corrected chi connectivity index (χ1v) is 11.7. The van der Waals surface area contributed by atoms with Crippen molar-refractivity contribution in [1.82, 2.24) is 5.32 Å². The molecule has 2 amide bonds. The third kappa shape index (κ3) is 7.45. The average molecular weight is 458 g/mol. The van der Waals surface area contributed by atoms with E-state index < -0.39 is 0 Å². The Morgan fingerprint density at radius 2 is 1.84 bits per heavy atom. The zero-order valence-corrected chi connectivity index (χ0v) is 19.5. The molecular formula is C25H32ClN3O3. The molecule has 0 bridgehead atoms. The topological polar surface area (TPSA) is 79.5 Å². The molecule has 1 aliphatic rings. The molecule has 0 saturated heterocycles. The number of carbonyl (C=O) groups excluding carboxylic acids is 2. The van der Waals surface area contributed by atoms with E-state index in [1.54, 1.807) is 24.3 Å². The zero-order chi connectivity index (χ0) is 22.9. The predicted molar refractivity (Wildman–Crippen MR) is 130 cm³/mol. The van der Waals surface area contributed by atoms with Crippen LogP contribution in [0.15, 0.2) is 42.5 Å². The highest BCUT2D eigenvalue weighted by molar-refractivity contribution is 6.34. The lowest BCUT2D eigenvalue weighted by atomic mass is 9.95. The van der Waals surface area contributed by atoms with E-state index in [1.165, 1.54) is 6.42 Å². The monoisotopic (exact) mass is 457 g/mol. The predicted octanol–water partition coefficient (Wildman–Crippen LogP) is 5.49. The van der Waals surface area contributed by atoms with Gasteiger partial charge in [-0.25, -0.2) is 0 Å². The fourth-order valence-electron chi connectivity index (χ4n) is 3.63. The van der Waals surface area contributed by atoms with Crippen molar-refractivity contribution in [3.63, 3.8) is 0 Å². The molecule has 172 valence electrons. The van der Waals surface area contributed by atoms with Crippen LogP contribution in [0.25, 0.3) is 0 Å². The van der Waals surface area contributed by atoms with Gasteiger partial charge in [0.05, 0.1) is 23.7 Å². The standard InChI is InChI=1S/C25H32ClN3O3/c1-17(2)16-32-21-10-6-9-20(13-21)28-24(30)15-27-19-11-12-23(26)22(14-19)25(31)29-18-7-4-3-5-8-18/h6,9-14,17-18,27H,3-5,7-8,15-16H2,1-2H3,(H,28,30)(H,29,31). The highest BCUT2D eigenvalue weighted by Crippen LogP contribution is 2.23. The number of carbonyl (C=O) groups is 2. The van der Waals surface area contributed by atoms with Gasteiger partial charge in [-0.3, -0.25) is 9.59 Å². The van der Waals surface area contributed by atoms with Gasteiger partial charge in [-0.05, 0) is 49.1 Å². The zero-order valence-electron chi connectivity index (χ0n) is 18.7. The Hall–Kier alpha value is -2.73. The summed E-state index contributed by atoms with van der Waals surface area (Å²) in [5.74, 6) is 0.768. The first-order valence-electron chi connectivity index (χ1n) is 11.3. The van der Waals surface area contributed by atoms with Crippen molar-refractivity contribution in [1.29, 1.82) is 0 Å². The molecular weight excluding hydrogens is 426 g/mol. The van der Waals surface area contributed by atoms with Crippen LogP contribution in [0.4, 0.5) is 11.4 Å². The summed E-state index contributed by atoms with van der Waals surface area (Å²) >= 11 is 6.26. The Morgan fingerprint density at radius 1 is 1.06 bits per heavy atom. The third-order valence-corrected chi connectivity index (χ3v) is 5.64. The van der Waals surface area contributed by atoms with Gasteiger partial charge < -0.3 is 20.7 Å². The first-order chi connectivity index (χ1) is 15.4. The highest BCUT2D eigenvalue weighted by Gasteiger charge is 2.18. The Bertz CT molecular complexity index is 926. The fourth-order valence-corrected chi connectivity index (χ4v) is 3.84. The van der Waals surface area contributed by atoms with Crippen molar-refractivity contribution in [2.45, 2.75) is 52.0 Å². The number of hydrogen-bond donors (Lipinski definition) is 3. The van der Waals surface area contributed by atoms with Crippen LogP contribution in [0.1, 0.15) is 56.3 Å². The smallest absolute Gasteiger partial charge is 0.253 e. The van der Waals surface area contributed by atoms with Gasteiger partial charge in [-0.2, -0.15) is 0 Å². The summed E-state index contributed by atoms with van der Waals surface area (Å²) in [4.78, 5) is 25.1. The summed E-state index contributed by atoms with van der Waals surface area (Å²) in [6, 6.07) is 12.6. The average Bonchev–Trinajstić information content (AvgIpc) is 2.78. The molecule has 0 aromatic heterocycles. The second-order valence-corrected chi connectivity index (χ2v) is 9.04. The van der Waals surface area contributed by atoms with Crippen molar-refractivity contribution < 1.29 is 14.3 Å². The molecule has 1 saturated carbocycles. The molecule has 1 fully saturated rings. The number of halogens is 1. The van der Waals surface area contributed by atoms with Gasteiger partial charge in [0, 0.05) is 23.5 Å². The first kappa shape index (κ1) is 23.9. The SMILES string of the molecule is CC(C)COc1cccc(NC(=O)CNc2ccc(Cl)c(C(=O)NC3CCCCC3)c2)c1. The molecule has 0 spiro atoms. The van der Waals surface area contributed by atoms with Crippen LogP contribution >= 0.6 is 11.6 Å². The summed E-state index contributed by atoms with van der Waals surface area (Å²) in [5.41, 5.74) is 1.74. The maximum atomic E-state index is 12.7. The van der Waals surface area contributed by atoms with Gasteiger partial charge in [-0.1, -0.05) is 50.8 Å². The van der Waals surface area contributed by atoms with Crippen LogP contribution in [0.2, 0.25) is 5.02 Å². The van der Waals surface area contributed by atoms with E-state index in [-0.39, 0.29) is 24.4 Å². The van der Waals surface area contributed by atoms with Gasteiger partial charge in [0.15, 0.2) is 0 Å². The largest absolute Gasteiger partial charge is 0.493 e. The molecule has 3 rings (SSSR count). The minimum Gasteiger partial charge on any atom is -0.493 e. The summed E-state index contributed by atoms with van der Waals surface area (Å²) in [6.07, 6.45) is 5.52. The van der Waals surface area contributed by atoms with E-state index >= 15 is 0 Å². The van der Waals surface area contributed by atoms with Crippen LogP contribution in [0.3, 0.4) is 0 Å². The maximum Gasteiger partial charge on any atom is 0.253 e. The molecule has 0 atom stereocenters. The number of nitrogens with one attached hydrogen (secondary N) is 3. The van der Waals surface area contributed by atoms with Crippen molar-refractivity contribution >= 4 is 34.8 Å². The van der Waals surface area contributed by atoms with Gasteiger partial charge in [0.1, 0.15) is 5.75 Å². The number of benzene rings is 2. The van der Waals surface area contributed by atoms with Gasteiger partial charge in [-0.15, -0.1) is 0 Å². The van der Waals surface area contributed by atoms with Gasteiger partial charge in [0.25, 0.3) is 5.91 Å². The van der Waals surface area contributed by atoms with E-state index in [9.17, 15) is 9.59 Å². The van der Waals surface area contributed by atoms with E-state index in [0.717, 1.165) is 31.4 Å². The third-order valence-electron chi connectivity index (χ3n) is 5.31. The van der Waals surface area contributed by atoms with E-state index in [2.05, 4.69) is 29.8 Å². The molecule has 2 aromatic rings. The second kappa shape index (κ2) is 11.8. The van der Waals surface area contributed by atoms with Crippen molar-refractivity contribution in [2.24, 2.45) is 5.92 Å². The molecule has 0 heterocycles. The molecule has 32 heavy (non-hydrogen) atoms. The molecule has 0 radical (unpaired) electrons. The maximum absolute atomic E-state index is 12.7. The quantitative estimate of drug-likeness (QED) is 0.465. The summed E-state index contributed by atoms with van der Waals surface area (Å²) in [5, 5.41) is 9.40. The number of ether oxygens (including phenoxy) is 1. The number of hydrogen-bond acceptors (Lipinski definition) is 4. The Balaban J connectivity index is 1.54. The van der Waals surface area contributed by atoms with Gasteiger partial charge >= 0.3 is 0 Å². The van der Waals surface area contributed by atoms with Crippen LogP contribution in [-0.4, -0.2) is 31.0 Å². The van der Waals surface area contributed by atoms with Crippen LogP contribution in [-0.2, 0) is 4.79 Å². The highest BCUT2D eigenvalue weighted by atomic mass is 35.5.